The van der Waals surface area contributed by atoms with E-state index in [0.717, 1.165) is 0 Å². The van der Waals surface area contributed by atoms with E-state index < -0.39 is 15.4 Å². The zero-order chi connectivity index (χ0) is 17.0. The predicted molar refractivity (Wildman–Crippen MR) is 121 cm³/mol. The molecule has 0 heterocycles. The van der Waals surface area contributed by atoms with Gasteiger partial charge in [-0.3, -0.25) is 0 Å². The smallest absolute Gasteiger partial charge is 0.115 e. The summed E-state index contributed by atoms with van der Waals surface area (Å²) in [5.74, 6) is 0. The summed E-state index contributed by atoms with van der Waals surface area (Å²) >= 11 is 20.5. The molecule has 8 heteroatoms. The van der Waals surface area contributed by atoms with E-state index in [9.17, 15) is 0 Å². The lowest BCUT2D eigenvalue weighted by Gasteiger charge is -2.65. The first-order chi connectivity index (χ1) is 8.25. The molecule has 0 aromatic rings. The fraction of sp³-hybridized carbons (Fsp3) is 1.00. The molecule has 0 bridgehead atoms. The van der Waals surface area contributed by atoms with Gasteiger partial charge in [0.15, 0.2) is 0 Å². The molecule has 0 N–H and O–H groups in total. The Morgan fingerprint density at radius 3 is 0.750 bits per heavy atom. The minimum absolute atomic E-state index is 0.274. The second kappa shape index (κ2) is 6.41. The van der Waals surface area contributed by atoms with Crippen molar-refractivity contribution in [1.29, 1.82) is 0 Å². The second-order valence-electron chi connectivity index (χ2n) is 8.57. The van der Waals surface area contributed by atoms with Crippen LogP contribution in [-0.4, -0.2) is 15.4 Å². The normalized spacial score (nSPS) is 16.5. The lowest BCUT2D eigenvalue weighted by atomic mass is 10.2. The number of hydrogen-bond donors (Lipinski definition) is 0. The van der Waals surface area contributed by atoms with Crippen LogP contribution in [0.1, 0.15) is 62.3 Å². The third kappa shape index (κ3) is 3.67. The van der Waals surface area contributed by atoms with Gasteiger partial charge < -0.3 is 0 Å². The quantitative estimate of drug-likeness (QED) is 0.207. The zero-order valence-electron chi connectivity index (χ0n) is 13.9. The molecule has 0 aromatic heterocycles. The van der Waals surface area contributed by atoms with Crippen molar-refractivity contribution in [2.75, 3.05) is 0 Å². The van der Waals surface area contributed by atoms with Crippen molar-refractivity contribution in [2.24, 2.45) is 0 Å². The summed E-state index contributed by atoms with van der Waals surface area (Å²) < 4.78 is -3.82. The van der Waals surface area contributed by atoms with Gasteiger partial charge in [0.05, 0.1) is 7.59 Å². The molecule has 122 valence electrons. The van der Waals surface area contributed by atoms with Crippen LogP contribution in [0.25, 0.3) is 0 Å². The van der Waals surface area contributed by atoms with Crippen LogP contribution in [0.5, 0.6) is 0 Å². The standard InChI is InChI=1S/C12H27Br5Si3/c1-10(2,3)18(11(4,5)6,12(7,8)9)20(16,17)19(13,14)15/h1-9H3. The Morgan fingerprint density at radius 2 is 0.700 bits per heavy atom. The summed E-state index contributed by atoms with van der Waals surface area (Å²) in [5.41, 5.74) is 0. The fourth-order valence-corrected chi connectivity index (χ4v) is 94.9. The Hall–Kier alpha value is 3.05. The van der Waals surface area contributed by atoms with Gasteiger partial charge in [-0.2, -0.15) is 0 Å². The summed E-state index contributed by atoms with van der Waals surface area (Å²) in [7, 11) is -1.87. The highest BCUT2D eigenvalue weighted by atomic mass is 80.0. The molecule has 0 spiro atoms. The highest BCUT2D eigenvalue weighted by Gasteiger charge is 2.75. The van der Waals surface area contributed by atoms with Gasteiger partial charge in [0.2, 0.25) is 4.35 Å². The maximum absolute atomic E-state index is 4.27. The SMILES string of the molecule is CC(C)(C)[Si](C(C)(C)C)(C(C)(C)C)[Si](Br)(Br)[Si](Br)(Br)Br. The van der Waals surface area contributed by atoms with Crippen molar-refractivity contribution >= 4 is 91.9 Å². The van der Waals surface area contributed by atoms with Crippen LogP contribution in [0.3, 0.4) is 0 Å². The molecule has 20 heavy (non-hydrogen) atoms. The van der Waals surface area contributed by atoms with Gasteiger partial charge in [-0.1, -0.05) is 108 Å². The second-order valence-corrected chi connectivity index (χ2v) is 73.2. The van der Waals surface area contributed by atoms with Crippen LogP contribution in [0, 0.1) is 0 Å². The van der Waals surface area contributed by atoms with Crippen molar-refractivity contribution in [2.45, 2.75) is 77.4 Å². The van der Waals surface area contributed by atoms with E-state index in [1.54, 1.807) is 0 Å². The third-order valence-electron chi connectivity index (χ3n) is 4.20. The number of halogens is 5. The Balaban J connectivity index is 6.83. The summed E-state index contributed by atoms with van der Waals surface area (Å²) in [5, 5.41) is 0.822. The first-order valence-corrected chi connectivity index (χ1v) is 26.0. The molecule has 0 fully saturated rings. The molecule has 0 aromatic carbocycles. The van der Waals surface area contributed by atoms with Crippen LogP contribution in [-0.2, 0) is 0 Å². The maximum atomic E-state index is 4.27. The molecule has 0 saturated heterocycles. The van der Waals surface area contributed by atoms with E-state index in [2.05, 4.69) is 139 Å². The molecule has 0 rings (SSSR count). The largest absolute Gasteiger partial charge is 0.276 e. The fourth-order valence-electron chi connectivity index (χ4n) is 5.00. The van der Waals surface area contributed by atoms with Crippen LogP contribution in [0.4, 0.5) is 0 Å². The first-order valence-electron chi connectivity index (χ1n) is 6.69. The third-order valence-corrected chi connectivity index (χ3v) is 107. The van der Waals surface area contributed by atoms with Gasteiger partial charge in [-0.15, -0.1) is 30.6 Å². The average molecular weight is 655 g/mol. The minimum Gasteiger partial charge on any atom is -0.115 e. The van der Waals surface area contributed by atoms with Crippen molar-refractivity contribution < 1.29 is 0 Å². The molecular formula is C12H27Br5Si3. The van der Waals surface area contributed by atoms with Crippen LogP contribution >= 0.6 is 76.5 Å². The summed E-state index contributed by atoms with van der Waals surface area (Å²) in [6.45, 7) is 21.9. The van der Waals surface area contributed by atoms with Crippen molar-refractivity contribution in [1.82, 2.24) is 0 Å². The van der Waals surface area contributed by atoms with Crippen LogP contribution in [0.15, 0.2) is 0 Å². The van der Waals surface area contributed by atoms with E-state index in [-0.39, 0.29) is 15.1 Å². The van der Waals surface area contributed by atoms with Crippen LogP contribution < -0.4 is 0 Å². The molecule has 0 amide bonds. The van der Waals surface area contributed by atoms with Crippen molar-refractivity contribution in [3.63, 3.8) is 0 Å². The topological polar surface area (TPSA) is 0 Å². The molecule has 0 unspecified atom stereocenters. The molecule has 0 nitrogen and oxygen atoms in total. The molecule has 0 radical (unpaired) electrons. The van der Waals surface area contributed by atoms with E-state index >= 15 is 0 Å². The van der Waals surface area contributed by atoms with E-state index in [4.69, 9.17) is 0 Å². The molecule has 0 aliphatic rings. The molecule has 0 saturated carbocycles. The molecule has 0 atom stereocenters. The Morgan fingerprint density at radius 1 is 0.500 bits per heavy atom. The summed E-state index contributed by atoms with van der Waals surface area (Å²) in [4.78, 5) is 0. The molecular weight excluding hydrogens is 628 g/mol. The van der Waals surface area contributed by atoms with E-state index in [0.29, 0.717) is 0 Å². The van der Waals surface area contributed by atoms with Crippen molar-refractivity contribution in [3.8, 4) is 0 Å². The van der Waals surface area contributed by atoms with E-state index in [1.165, 1.54) is 0 Å². The summed E-state index contributed by atoms with van der Waals surface area (Å²) in [6, 6.07) is 0. The first kappa shape index (κ1) is 23.1. The predicted octanol–water partition coefficient (Wildman–Crippen LogP) is 8.35. The van der Waals surface area contributed by atoms with Gasteiger partial charge in [-0.05, 0) is 15.1 Å². The van der Waals surface area contributed by atoms with E-state index in [1.807, 2.05) is 0 Å². The van der Waals surface area contributed by atoms with Gasteiger partial charge in [0.1, 0.15) is 0 Å². The molecule has 0 aliphatic carbocycles. The number of rotatable bonds is 2. The lowest BCUT2D eigenvalue weighted by Crippen LogP contribution is -2.76. The Labute approximate surface area is 167 Å². The van der Waals surface area contributed by atoms with Gasteiger partial charge in [0.25, 0.3) is 3.45 Å². The average Bonchev–Trinajstić information content (AvgIpc) is 1.89. The number of hydrogen-bond acceptors (Lipinski definition) is 0. The van der Waals surface area contributed by atoms with Gasteiger partial charge in [0, 0.05) is 0 Å². The molecule has 0 aliphatic heterocycles. The van der Waals surface area contributed by atoms with Crippen molar-refractivity contribution in [3.05, 3.63) is 0 Å². The minimum atomic E-state index is -1.94. The highest BCUT2D eigenvalue weighted by Crippen LogP contribution is 2.71. The summed E-state index contributed by atoms with van der Waals surface area (Å²) in [6.07, 6.45) is 0. The Kier molecular flexibility index (Phi) is 7.38. The monoisotopic (exact) mass is 650 g/mol. The van der Waals surface area contributed by atoms with Gasteiger partial charge >= 0.3 is 0 Å². The lowest BCUT2D eigenvalue weighted by molar-refractivity contribution is 0.555. The Bertz CT molecular complexity index is 319. The zero-order valence-corrected chi connectivity index (χ0v) is 24.8. The van der Waals surface area contributed by atoms with Crippen LogP contribution in [0.2, 0.25) is 15.1 Å². The van der Waals surface area contributed by atoms with Gasteiger partial charge in [-0.25, -0.2) is 0 Å². The maximum Gasteiger partial charge on any atom is 0.276 e. The highest BCUT2D eigenvalue weighted by molar-refractivity contribution is 9.82.